The van der Waals surface area contributed by atoms with Crippen molar-refractivity contribution >= 4 is 16.3 Å². The molecule has 0 radical (unpaired) electrons. The summed E-state index contributed by atoms with van der Waals surface area (Å²) in [5, 5.41) is 0. The second kappa shape index (κ2) is 6.44. The zero-order chi connectivity index (χ0) is 15.4. The van der Waals surface area contributed by atoms with Gasteiger partial charge in [-0.05, 0) is 16.7 Å². The van der Waals surface area contributed by atoms with E-state index in [-0.39, 0.29) is 0 Å². The molecule has 1 heterocycles. The molecule has 114 valence electrons. The summed E-state index contributed by atoms with van der Waals surface area (Å²) in [4.78, 5) is 0. The molecule has 1 fully saturated rings. The molecule has 0 amide bonds. The Morgan fingerprint density at radius 2 is 1.64 bits per heavy atom. The zero-order valence-electron chi connectivity index (χ0n) is 12.1. The topological polar surface area (TPSA) is 49.4 Å². The maximum Gasteiger partial charge on any atom is 0.280 e. The van der Waals surface area contributed by atoms with Crippen LogP contribution in [0.25, 0.3) is 6.08 Å². The highest BCUT2D eigenvalue weighted by molar-refractivity contribution is 7.87. The molecule has 0 unspecified atom stereocenters. The van der Waals surface area contributed by atoms with Gasteiger partial charge in [-0.15, -0.1) is 0 Å². The highest BCUT2D eigenvalue weighted by Gasteiger charge is 2.27. The van der Waals surface area contributed by atoms with Crippen LogP contribution in [0.1, 0.15) is 11.1 Å². The van der Waals surface area contributed by atoms with E-state index in [4.69, 9.17) is 0 Å². The molecular formula is C17H18N2O2S. The van der Waals surface area contributed by atoms with Crippen LogP contribution in [0.3, 0.4) is 0 Å². The first-order valence-electron chi connectivity index (χ1n) is 7.17. The van der Waals surface area contributed by atoms with Gasteiger partial charge in [-0.3, -0.25) is 0 Å². The Hall–Kier alpha value is -1.95. The smallest absolute Gasteiger partial charge is 0.198 e. The number of benzene rings is 2. The lowest BCUT2D eigenvalue weighted by Gasteiger charge is -2.28. The van der Waals surface area contributed by atoms with Gasteiger partial charge in [0.25, 0.3) is 10.2 Å². The van der Waals surface area contributed by atoms with Crippen LogP contribution in [0.5, 0.6) is 0 Å². The lowest BCUT2D eigenvalue weighted by atomic mass is 10.1. The molecule has 0 saturated carbocycles. The third-order valence-corrected chi connectivity index (χ3v) is 5.02. The van der Waals surface area contributed by atoms with Gasteiger partial charge in [-0.1, -0.05) is 66.7 Å². The fraction of sp³-hybridized carbons (Fsp3) is 0.176. The van der Waals surface area contributed by atoms with Crippen LogP contribution in [-0.2, 0) is 16.8 Å². The minimum atomic E-state index is -3.40. The van der Waals surface area contributed by atoms with E-state index in [2.05, 4.69) is 4.72 Å². The molecule has 5 heteroatoms. The number of nitrogens with one attached hydrogen (secondary N) is 1. The van der Waals surface area contributed by atoms with Crippen molar-refractivity contribution in [1.29, 1.82) is 0 Å². The fourth-order valence-corrected chi connectivity index (χ4v) is 3.66. The predicted octanol–water partition coefficient (Wildman–Crippen LogP) is 2.42. The molecule has 2 aromatic carbocycles. The molecule has 1 N–H and O–H groups in total. The molecule has 22 heavy (non-hydrogen) atoms. The molecule has 0 bridgehead atoms. The average Bonchev–Trinajstić information content (AvgIpc) is 2.53. The van der Waals surface area contributed by atoms with Crippen LogP contribution in [0.4, 0.5) is 0 Å². The molecule has 0 spiro atoms. The van der Waals surface area contributed by atoms with Gasteiger partial charge in [-0.25, -0.2) is 0 Å². The van der Waals surface area contributed by atoms with Gasteiger partial charge >= 0.3 is 0 Å². The lowest BCUT2D eigenvalue weighted by molar-refractivity contribution is 0.406. The van der Waals surface area contributed by atoms with Crippen LogP contribution in [0, 0.1) is 0 Å². The van der Waals surface area contributed by atoms with E-state index in [0.717, 1.165) is 16.7 Å². The molecule has 3 rings (SSSR count). The first-order chi connectivity index (χ1) is 10.6. The Balaban J connectivity index is 1.80. The van der Waals surface area contributed by atoms with Gasteiger partial charge in [-0.2, -0.15) is 17.4 Å². The SMILES string of the molecule is O=S1(=O)NC/C(=C\c2ccccc2)CN1Cc1ccccc1. The molecule has 0 atom stereocenters. The Morgan fingerprint density at radius 3 is 2.32 bits per heavy atom. The largest absolute Gasteiger partial charge is 0.280 e. The van der Waals surface area contributed by atoms with Crippen molar-refractivity contribution in [3.8, 4) is 0 Å². The summed E-state index contributed by atoms with van der Waals surface area (Å²) in [7, 11) is -3.40. The van der Waals surface area contributed by atoms with Crippen molar-refractivity contribution in [3.63, 3.8) is 0 Å². The van der Waals surface area contributed by atoms with Crippen LogP contribution < -0.4 is 4.72 Å². The van der Waals surface area contributed by atoms with Gasteiger partial charge in [0.05, 0.1) is 0 Å². The third-order valence-electron chi connectivity index (χ3n) is 3.57. The second-order valence-corrected chi connectivity index (χ2v) is 7.05. The van der Waals surface area contributed by atoms with E-state index in [1.165, 1.54) is 4.31 Å². The maximum absolute atomic E-state index is 12.2. The summed E-state index contributed by atoms with van der Waals surface area (Å²) in [6.07, 6.45) is 2.04. The summed E-state index contributed by atoms with van der Waals surface area (Å²) in [5.74, 6) is 0. The summed E-state index contributed by atoms with van der Waals surface area (Å²) >= 11 is 0. The van der Waals surface area contributed by atoms with E-state index >= 15 is 0 Å². The second-order valence-electron chi connectivity index (χ2n) is 5.29. The highest BCUT2D eigenvalue weighted by atomic mass is 32.2. The Labute approximate surface area is 131 Å². The minimum Gasteiger partial charge on any atom is -0.198 e. The van der Waals surface area contributed by atoms with E-state index in [1.807, 2.05) is 66.7 Å². The first-order valence-corrected chi connectivity index (χ1v) is 8.61. The van der Waals surface area contributed by atoms with Crippen molar-refractivity contribution in [2.24, 2.45) is 0 Å². The number of hydrogen-bond acceptors (Lipinski definition) is 2. The van der Waals surface area contributed by atoms with Crippen LogP contribution in [0.15, 0.2) is 66.2 Å². The Kier molecular flexibility index (Phi) is 4.38. The third kappa shape index (κ3) is 3.62. The summed E-state index contributed by atoms with van der Waals surface area (Å²) < 4.78 is 28.4. The van der Waals surface area contributed by atoms with E-state index in [0.29, 0.717) is 19.6 Å². The van der Waals surface area contributed by atoms with Gasteiger partial charge in [0, 0.05) is 19.6 Å². The molecule has 0 aromatic heterocycles. The summed E-state index contributed by atoms with van der Waals surface area (Å²) in [6, 6.07) is 19.6. The van der Waals surface area contributed by atoms with Crippen molar-refractivity contribution in [3.05, 3.63) is 77.4 Å². The van der Waals surface area contributed by atoms with Crippen LogP contribution in [-0.4, -0.2) is 25.8 Å². The predicted molar refractivity (Wildman–Crippen MR) is 88.2 cm³/mol. The molecule has 1 aliphatic heterocycles. The normalized spacial score (nSPS) is 20.1. The lowest BCUT2D eigenvalue weighted by Crippen LogP contribution is -2.47. The molecule has 4 nitrogen and oxygen atoms in total. The van der Waals surface area contributed by atoms with E-state index in [1.54, 1.807) is 0 Å². The van der Waals surface area contributed by atoms with Gasteiger partial charge in [0.15, 0.2) is 0 Å². The van der Waals surface area contributed by atoms with Gasteiger partial charge in [0.1, 0.15) is 0 Å². The van der Waals surface area contributed by atoms with Crippen molar-refractivity contribution in [1.82, 2.24) is 9.03 Å². The Bertz CT molecular complexity index is 756. The molecule has 2 aromatic rings. The molecular weight excluding hydrogens is 296 g/mol. The summed E-state index contributed by atoms with van der Waals surface area (Å²) in [6.45, 7) is 1.16. The number of nitrogens with zero attached hydrogens (tertiary/aromatic N) is 1. The van der Waals surface area contributed by atoms with Crippen molar-refractivity contribution in [2.75, 3.05) is 13.1 Å². The quantitative estimate of drug-likeness (QED) is 0.946. The standard InChI is InChI=1S/C17H18N2O2S/c20-22(21)18-12-17(11-15-7-3-1-4-8-15)14-19(22)13-16-9-5-2-6-10-16/h1-11,18H,12-14H2/b17-11+. The fourth-order valence-electron chi connectivity index (χ4n) is 2.45. The monoisotopic (exact) mass is 314 g/mol. The van der Waals surface area contributed by atoms with Crippen LogP contribution >= 0.6 is 0 Å². The first kappa shape index (κ1) is 15.0. The van der Waals surface area contributed by atoms with Crippen LogP contribution in [0.2, 0.25) is 0 Å². The van der Waals surface area contributed by atoms with Crippen molar-refractivity contribution < 1.29 is 8.42 Å². The average molecular weight is 314 g/mol. The number of rotatable bonds is 3. The molecule has 1 saturated heterocycles. The molecule has 1 aliphatic rings. The number of hydrogen-bond donors (Lipinski definition) is 1. The van der Waals surface area contributed by atoms with Gasteiger partial charge < -0.3 is 0 Å². The Morgan fingerprint density at radius 1 is 1.00 bits per heavy atom. The maximum atomic E-state index is 12.2. The van der Waals surface area contributed by atoms with E-state index in [9.17, 15) is 8.42 Å². The van der Waals surface area contributed by atoms with Crippen molar-refractivity contribution in [2.45, 2.75) is 6.54 Å². The zero-order valence-corrected chi connectivity index (χ0v) is 13.0. The van der Waals surface area contributed by atoms with Gasteiger partial charge in [0.2, 0.25) is 0 Å². The highest BCUT2D eigenvalue weighted by Crippen LogP contribution is 2.17. The summed E-state index contributed by atoms with van der Waals surface area (Å²) in [5.41, 5.74) is 3.11. The molecule has 0 aliphatic carbocycles. The van der Waals surface area contributed by atoms with E-state index < -0.39 is 10.2 Å². The minimum absolute atomic E-state index is 0.364.